The lowest BCUT2D eigenvalue weighted by molar-refractivity contribution is 0.753. The lowest BCUT2D eigenvalue weighted by Crippen LogP contribution is -2.36. The molecule has 2 aliphatic heterocycles. The van der Waals surface area contributed by atoms with Crippen molar-refractivity contribution in [2.24, 2.45) is 0 Å². The van der Waals surface area contributed by atoms with Crippen LogP contribution in [0, 0.1) is 0 Å². The molecule has 9 heteroatoms. The van der Waals surface area contributed by atoms with Crippen molar-refractivity contribution in [3.63, 3.8) is 0 Å². The summed E-state index contributed by atoms with van der Waals surface area (Å²) in [5, 5.41) is 8.94. The molecule has 7 heterocycles. The Kier molecular flexibility index (Phi) is 17.0. The second kappa shape index (κ2) is 29.7. The van der Waals surface area contributed by atoms with E-state index in [0.29, 0.717) is 17.5 Å². The van der Waals surface area contributed by atoms with Gasteiger partial charge in [-0.15, -0.1) is 0 Å². The average molecular weight is 1650 g/mol. The van der Waals surface area contributed by atoms with Crippen LogP contribution in [-0.2, 0) is 10.8 Å². The first kappa shape index (κ1) is 74.2. The fraction of sp³-hybridized carbons (Fsp3) is 0.0165. The molecule has 5 aromatic heterocycles. The number of hydrogen-bond donors (Lipinski definition) is 0. The summed E-state index contributed by atoms with van der Waals surface area (Å²) >= 11 is 0. The van der Waals surface area contributed by atoms with E-state index in [2.05, 4.69) is 398 Å². The molecule has 604 valence electrons. The molecule has 4 aliphatic rings. The van der Waals surface area contributed by atoms with Crippen LogP contribution in [0.25, 0.3) is 167 Å². The number of benzene rings is 18. The van der Waals surface area contributed by atoms with E-state index in [-0.39, 0.29) is 0 Å². The molecule has 0 saturated heterocycles. The van der Waals surface area contributed by atoms with Gasteiger partial charge in [0.15, 0.2) is 17.5 Å². The van der Waals surface area contributed by atoms with Crippen molar-refractivity contribution in [3.05, 3.63) is 499 Å². The highest BCUT2D eigenvalue weighted by Crippen LogP contribution is 2.67. The highest BCUT2D eigenvalue weighted by Gasteiger charge is 2.54. The molecule has 0 amide bonds. The maximum Gasteiger partial charge on any atom is 0.164 e. The molecule has 18 aromatic carbocycles. The highest BCUT2D eigenvalue weighted by atomic mass is 15.2. The van der Waals surface area contributed by atoms with Crippen LogP contribution in [0.5, 0.6) is 0 Å². The molecule has 23 aromatic rings. The Labute approximate surface area is 750 Å². The van der Waals surface area contributed by atoms with Crippen molar-refractivity contribution in [2.75, 3.05) is 9.80 Å². The van der Waals surface area contributed by atoms with Crippen LogP contribution >= 0.6 is 0 Å². The zero-order valence-corrected chi connectivity index (χ0v) is 70.3. The minimum absolute atomic E-state index is 0.576. The molecule has 2 aliphatic carbocycles. The molecule has 0 atom stereocenters. The van der Waals surface area contributed by atoms with E-state index >= 15 is 0 Å². The Bertz CT molecular complexity index is 8400. The van der Waals surface area contributed by atoms with E-state index < -0.39 is 10.8 Å². The number of para-hydroxylation sites is 6. The molecule has 0 unspecified atom stereocenters. The van der Waals surface area contributed by atoms with Crippen molar-refractivity contribution >= 4 is 99.3 Å². The van der Waals surface area contributed by atoms with Gasteiger partial charge in [0.05, 0.1) is 78.4 Å². The summed E-state index contributed by atoms with van der Waals surface area (Å²) in [6.07, 6.45) is 0. The van der Waals surface area contributed by atoms with E-state index in [9.17, 15) is 0 Å². The minimum atomic E-state index is -0.590. The molecule has 0 saturated carbocycles. The van der Waals surface area contributed by atoms with Crippen LogP contribution in [0.4, 0.5) is 34.1 Å². The van der Waals surface area contributed by atoms with Gasteiger partial charge >= 0.3 is 0 Å². The Hall–Kier alpha value is -17.3. The van der Waals surface area contributed by atoms with Gasteiger partial charge in [-0.05, 0) is 140 Å². The fourth-order valence-electron chi connectivity index (χ4n) is 21.7. The molecular formula is C121H75N9. The molecule has 0 radical (unpaired) electrons. The lowest BCUT2D eigenvalue weighted by atomic mass is 9.64. The summed E-state index contributed by atoms with van der Waals surface area (Å²) < 4.78 is 0. The number of fused-ring (bicyclic) bond motifs is 29. The quantitative estimate of drug-likeness (QED) is 0.131. The SMILES string of the molecule is c1ccc(-c2ccc3ccc4ccc(-c5ccc6c(c5)nc(-c5ccccc5)c5ccc7c(c56)-c5ccccc5C75c6ccccc6N(c6ccccc6)c6ccccc65)nc4c3n2)cc1.c1ccc(-c2nc(-c3ccccc3)nc(-c3ccc4c(c3)nc(-c3ccccc3)c3ccc5c(c34)-c3ccccc3C53c4ccccc4N(c4ccccc4)c4ccccc43)n2)cc1. The van der Waals surface area contributed by atoms with Crippen molar-refractivity contribution in [2.45, 2.75) is 10.8 Å². The third-order valence-electron chi connectivity index (χ3n) is 27.1. The number of nitrogens with zero attached hydrogens (tertiary/aromatic N) is 9. The van der Waals surface area contributed by atoms with Gasteiger partial charge in [-0.2, -0.15) is 0 Å². The smallest absolute Gasteiger partial charge is 0.164 e. The highest BCUT2D eigenvalue weighted by molar-refractivity contribution is 6.22. The molecule has 27 rings (SSSR count). The summed E-state index contributed by atoms with van der Waals surface area (Å²) in [4.78, 5) is 41.8. The van der Waals surface area contributed by atoms with Gasteiger partial charge in [-0.25, -0.2) is 34.9 Å². The number of pyridine rings is 4. The van der Waals surface area contributed by atoms with E-state index in [1.165, 1.54) is 100 Å². The second-order valence-corrected chi connectivity index (χ2v) is 33.9. The Morgan fingerprint density at radius 2 is 0.492 bits per heavy atom. The number of aromatic nitrogens is 7. The van der Waals surface area contributed by atoms with Gasteiger partial charge < -0.3 is 9.80 Å². The molecule has 0 bridgehead atoms. The molecule has 0 N–H and O–H groups in total. The maximum atomic E-state index is 5.57. The summed E-state index contributed by atoms with van der Waals surface area (Å²) in [5.74, 6) is 1.85. The summed E-state index contributed by atoms with van der Waals surface area (Å²) in [6, 6.07) is 163. The first-order valence-electron chi connectivity index (χ1n) is 44.3. The van der Waals surface area contributed by atoms with Crippen LogP contribution in [0.2, 0.25) is 0 Å². The van der Waals surface area contributed by atoms with E-state index in [4.69, 9.17) is 34.9 Å². The third-order valence-corrected chi connectivity index (χ3v) is 27.1. The topological polar surface area (TPSA) is 96.7 Å². The molecule has 2 spiro atoms. The van der Waals surface area contributed by atoms with E-state index in [1.807, 2.05) is 66.7 Å². The van der Waals surface area contributed by atoms with Crippen LogP contribution in [0.3, 0.4) is 0 Å². The third kappa shape index (κ3) is 11.3. The zero-order valence-electron chi connectivity index (χ0n) is 70.3. The maximum absolute atomic E-state index is 5.57. The number of hydrogen-bond acceptors (Lipinski definition) is 9. The van der Waals surface area contributed by atoms with E-state index in [1.54, 1.807) is 0 Å². The molecular weight excluding hydrogens is 1580 g/mol. The summed E-state index contributed by atoms with van der Waals surface area (Å²) in [6.45, 7) is 0. The van der Waals surface area contributed by atoms with Gasteiger partial charge in [0, 0.05) is 93.4 Å². The van der Waals surface area contributed by atoms with Gasteiger partial charge in [0.25, 0.3) is 0 Å². The Morgan fingerprint density at radius 1 is 0.192 bits per heavy atom. The van der Waals surface area contributed by atoms with Gasteiger partial charge in [0.1, 0.15) is 0 Å². The predicted octanol–water partition coefficient (Wildman–Crippen LogP) is 30.0. The standard InChI is InChI=1S/C62H38N4.C59H37N5/c1-4-16-39(17-5-1)52-36-31-41-28-29-42-32-37-53(64-61(42)60(41)63-52)43-30-33-46-54(38-43)65-59(40-18-6-2-7-19-40)47-34-35-51-58(57(46)47)45-22-10-11-23-48(45)62(51)49-24-12-14-26-55(49)66(44-20-8-3-9-21-44)56-27-15-13-25-50(56)62;1-5-19-38(20-6-1)55-45-35-36-49-54(43-27-13-14-28-46(43)59(49)47-29-15-17-31-51(47)64(42-25-11-4-12-26-42)52-32-18-16-30-48(52)59)53(45)44-34-33-41(37-50(44)60-55)58-62-56(39-21-7-2-8-22-39)61-57(63-58)40-23-9-3-10-24-40/h1-38H;1-37H. The van der Waals surface area contributed by atoms with Crippen LogP contribution in [-0.4, -0.2) is 34.9 Å². The normalized spacial score (nSPS) is 13.2. The minimum Gasteiger partial charge on any atom is -0.310 e. The Balaban J connectivity index is 0.000000137. The van der Waals surface area contributed by atoms with Crippen molar-refractivity contribution in [3.8, 4) is 101 Å². The summed E-state index contributed by atoms with van der Waals surface area (Å²) in [7, 11) is 0. The number of rotatable bonds is 9. The van der Waals surface area contributed by atoms with Gasteiger partial charge in [0.2, 0.25) is 0 Å². The zero-order chi connectivity index (χ0) is 85.5. The van der Waals surface area contributed by atoms with Crippen LogP contribution in [0.15, 0.2) is 455 Å². The first-order chi connectivity index (χ1) is 64.5. The molecule has 0 fully saturated rings. The van der Waals surface area contributed by atoms with Crippen molar-refractivity contribution < 1.29 is 0 Å². The average Bonchev–Trinajstić information content (AvgIpc) is 1.50. The lowest BCUT2D eigenvalue weighted by Gasteiger charge is -2.45. The van der Waals surface area contributed by atoms with Crippen LogP contribution < -0.4 is 9.80 Å². The molecule has 9 nitrogen and oxygen atoms in total. The monoisotopic (exact) mass is 1650 g/mol. The molecule has 130 heavy (non-hydrogen) atoms. The first-order valence-corrected chi connectivity index (χ1v) is 44.3. The van der Waals surface area contributed by atoms with Crippen molar-refractivity contribution in [1.82, 2.24) is 34.9 Å². The fourth-order valence-corrected chi connectivity index (χ4v) is 21.7. The predicted molar refractivity (Wildman–Crippen MR) is 532 cm³/mol. The van der Waals surface area contributed by atoms with Crippen LogP contribution in [0.1, 0.15) is 44.5 Å². The Morgan fingerprint density at radius 3 is 0.892 bits per heavy atom. The summed E-state index contributed by atoms with van der Waals surface area (Å²) in [5.41, 5.74) is 35.2. The van der Waals surface area contributed by atoms with Gasteiger partial charge in [-0.3, -0.25) is 0 Å². The van der Waals surface area contributed by atoms with E-state index in [0.717, 1.165) is 127 Å². The number of anilines is 6. The second-order valence-electron chi connectivity index (χ2n) is 33.9. The largest absolute Gasteiger partial charge is 0.310 e. The van der Waals surface area contributed by atoms with Gasteiger partial charge in [-0.1, -0.05) is 382 Å². The van der Waals surface area contributed by atoms with Crippen molar-refractivity contribution in [1.29, 1.82) is 0 Å².